The number of ketones is 1. The van der Waals surface area contributed by atoms with E-state index in [1.165, 1.54) is 12.5 Å². The number of fused-ring (bicyclic) bond motifs is 5. The molecule has 0 heterocycles. The fourth-order valence-corrected chi connectivity index (χ4v) is 7.07. The van der Waals surface area contributed by atoms with Crippen molar-refractivity contribution in [3.8, 4) is 0 Å². The summed E-state index contributed by atoms with van der Waals surface area (Å²) in [5.41, 5.74) is 0.641. The average Bonchev–Trinajstić information content (AvgIpc) is 2.82. The van der Waals surface area contributed by atoms with Crippen LogP contribution in [0, 0.1) is 28.6 Å². The van der Waals surface area contributed by atoms with E-state index in [-0.39, 0.29) is 16.6 Å². The molecule has 0 radical (unpaired) electrons. The third kappa shape index (κ3) is 2.01. The fraction of sp³-hybridized carbons (Fsp3) is 0.696. The van der Waals surface area contributed by atoms with Gasteiger partial charge in [-0.15, -0.1) is 0 Å². The second-order valence-corrected chi connectivity index (χ2v) is 9.53. The van der Waals surface area contributed by atoms with Gasteiger partial charge in [-0.1, -0.05) is 26.5 Å². The van der Waals surface area contributed by atoms with E-state index in [9.17, 15) is 9.90 Å². The van der Waals surface area contributed by atoms with Crippen molar-refractivity contribution in [2.75, 3.05) is 7.11 Å². The van der Waals surface area contributed by atoms with Gasteiger partial charge < -0.3 is 9.84 Å². The van der Waals surface area contributed by atoms with E-state index in [1.807, 2.05) is 0 Å². The first-order valence-corrected chi connectivity index (χ1v) is 10.1. The second kappa shape index (κ2) is 5.58. The third-order valence-electron chi connectivity index (χ3n) is 8.70. The van der Waals surface area contributed by atoms with E-state index >= 15 is 0 Å². The first-order valence-electron chi connectivity index (χ1n) is 10.1. The summed E-state index contributed by atoms with van der Waals surface area (Å²) in [6, 6.07) is 0. The lowest BCUT2D eigenvalue weighted by atomic mass is 9.47. The van der Waals surface area contributed by atoms with Gasteiger partial charge in [-0.05, 0) is 79.4 Å². The Labute approximate surface area is 157 Å². The summed E-state index contributed by atoms with van der Waals surface area (Å²) in [6.45, 7) is 10.2. The molecule has 0 aromatic rings. The highest BCUT2D eigenvalue weighted by atomic mass is 16.5. The molecular formula is C23H32O3. The SMILES string of the molecule is C=C1C[C@H]2[C@@H]3CC=C4C=C(OC)CC[C@]4(C)[C@H]3CC[C@]2(C)[C@@]1(O)C(C)=O. The Balaban J connectivity index is 1.74. The Bertz CT molecular complexity index is 732. The van der Waals surface area contributed by atoms with E-state index in [1.54, 1.807) is 7.11 Å². The van der Waals surface area contributed by atoms with Crippen molar-refractivity contribution in [2.24, 2.45) is 28.6 Å². The molecule has 3 nitrogen and oxygen atoms in total. The molecule has 26 heavy (non-hydrogen) atoms. The molecule has 0 aromatic heterocycles. The van der Waals surface area contributed by atoms with Gasteiger partial charge >= 0.3 is 0 Å². The van der Waals surface area contributed by atoms with E-state index < -0.39 is 5.60 Å². The number of ether oxygens (including phenoxy) is 1. The van der Waals surface area contributed by atoms with Crippen LogP contribution in [0.25, 0.3) is 0 Å². The van der Waals surface area contributed by atoms with Gasteiger partial charge in [0.25, 0.3) is 0 Å². The number of hydrogen-bond acceptors (Lipinski definition) is 3. The summed E-state index contributed by atoms with van der Waals surface area (Å²) >= 11 is 0. The molecule has 2 fully saturated rings. The lowest BCUT2D eigenvalue weighted by Gasteiger charge is -2.57. The van der Waals surface area contributed by atoms with Gasteiger partial charge in [-0.25, -0.2) is 0 Å². The molecule has 0 aliphatic heterocycles. The lowest BCUT2D eigenvalue weighted by molar-refractivity contribution is -0.153. The quantitative estimate of drug-likeness (QED) is 0.737. The van der Waals surface area contributed by atoms with Gasteiger partial charge in [0.05, 0.1) is 12.9 Å². The highest BCUT2D eigenvalue weighted by molar-refractivity contribution is 5.90. The molecule has 0 amide bonds. The maximum Gasteiger partial charge on any atom is 0.166 e. The van der Waals surface area contributed by atoms with Gasteiger partial charge in [0.15, 0.2) is 5.78 Å². The molecule has 0 unspecified atom stereocenters. The molecule has 4 aliphatic carbocycles. The highest BCUT2D eigenvalue weighted by Gasteiger charge is 2.66. The van der Waals surface area contributed by atoms with Crippen LogP contribution < -0.4 is 0 Å². The molecule has 3 heteroatoms. The lowest BCUT2D eigenvalue weighted by Crippen LogP contribution is -2.56. The number of Topliss-reactive ketones (excluding diaryl/α,β-unsaturated/α-hetero) is 1. The van der Waals surface area contributed by atoms with Crippen molar-refractivity contribution in [3.63, 3.8) is 0 Å². The number of carbonyl (C=O) groups is 1. The number of allylic oxidation sites excluding steroid dienone is 4. The van der Waals surface area contributed by atoms with Gasteiger partial charge in [0, 0.05) is 11.8 Å². The number of methoxy groups -OCH3 is 1. The van der Waals surface area contributed by atoms with Gasteiger partial charge in [0.2, 0.25) is 0 Å². The molecule has 142 valence electrons. The molecule has 2 saturated carbocycles. The molecular weight excluding hydrogens is 324 g/mol. The summed E-state index contributed by atoms with van der Waals surface area (Å²) in [4.78, 5) is 12.4. The van der Waals surface area contributed by atoms with Crippen molar-refractivity contribution < 1.29 is 14.6 Å². The van der Waals surface area contributed by atoms with E-state index in [2.05, 4.69) is 32.6 Å². The van der Waals surface area contributed by atoms with E-state index in [4.69, 9.17) is 4.74 Å². The van der Waals surface area contributed by atoms with Crippen LogP contribution in [0.5, 0.6) is 0 Å². The Hall–Kier alpha value is -1.35. The molecule has 1 N–H and O–H groups in total. The minimum atomic E-state index is -1.34. The number of carbonyl (C=O) groups excluding carboxylic acids is 1. The summed E-state index contributed by atoms with van der Waals surface area (Å²) in [5, 5.41) is 11.4. The number of aliphatic hydroxyl groups is 1. The standard InChI is InChI=1S/C23H32O3/c1-14-12-20-18-7-6-16-13-17(26-5)8-10-21(16,3)19(18)9-11-22(20,4)23(14,25)15(2)24/h6,13,18-20,25H,1,7-12H2,2-5H3/t18-,19+,20+,21+,22+,23+/m1/s1. The largest absolute Gasteiger partial charge is 0.501 e. The third-order valence-corrected chi connectivity index (χ3v) is 8.70. The number of rotatable bonds is 2. The van der Waals surface area contributed by atoms with Crippen molar-refractivity contribution in [3.05, 3.63) is 35.6 Å². The Morgan fingerprint density at radius 2 is 2.04 bits per heavy atom. The summed E-state index contributed by atoms with van der Waals surface area (Å²) in [5.74, 6) is 2.43. The van der Waals surface area contributed by atoms with Crippen LogP contribution in [0.2, 0.25) is 0 Å². The van der Waals surface area contributed by atoms with Crippen LogP contribution >= 0.6 is 0 Å². The Morgan fingerprint density at radius 1 is 1.31 bits per heavy atom. The Morgan fingerprint density at radius 3 is 2.69 bits per heavy atom. The molecule has 6 atom stereocenters. The predicted octanol–water partition coefficient (Wildman–Crippen LogP) is 4.58. The van der Waals surface area contributed by atoms with Crippen LogP contribution in [-0.4, -0.2) is 23.6 Å². The van der Waals surface area contributed by atoms with Gasteiger partial charge in [-0.2, -0.15) is 0 Å². The Kier molecular flexibility index (Phi) is 3.87. The van der Waals surface area contributed by atoms with Crippen LogP contribution in [0.4, 0.5) is 0 Å². The number of hydrogen-bond donors (Lipinski definition) is 1. The van der Waals surface area contributed by atoms with Crippen LogP contribution in [-0.2, 0) is 9.53 Å². The van der Waals surface area contributed by atoms with E-state index in [0.29, 0.717) is 17.8 Å². The molecule has 4 rings (SSSR count). The van der Waals surface area contributed by atoms with Crippen molar-refractivity contribution >= 4 is 5.78 Å². The summed E-state index contributed by atoms with van der Waals surface area (Å²) < 4.78 is 5.51. The molecule has 4 aliphatic rings. The van der Waals surface area contributed by atoms with Crippen molar-refractivity contribution in [2.45, 2.75) is 64.9 Å². The molecule has 0 spiro atoms. The monoisotopic (exact) mass is 356 g/mol. The normalized spacial score (nSPS) is 47.3. The highest BCUT2D eigenvalue weighted by Crippen LogP contribution is 2.67. The zero-order chi connectivity index (χ0) is 18.9. The zero-order valence-electron chi connectivity index (χ0n) is 16.6. The van der Waals surface area contributed by atoms with Gasteiger partial charge in [0.1, 0.15) is 5.60 Å². The smallest absolute Gasteiger partial charge is 0.166 e. The maximum absolute atomic E-state index is 12.4. The first-order chi connectivity index (χ1) is 12.2. The van der Waals surface area contributed by atoms with Crippen molar-refractivity contribution in [1.82, 2.24) is 0 Å². The van der Waals surface area contributed by atoms with E-state index in [0.717, 1.165) is 49.9 Å². The van der Waals surface area contributed by atoms with Gasteiger partial charge in [-0.3, -0.25) is 4.79 Å². The van der Waals surface area contributed by atoms with Crippen molar-refractivity contribution in [1.29, 1.82) is 0 Å². The molecule has 0 aromatic carbocycles. The average molecular weight is 357 g/mol. The predicted molar refractivity (Wildman–Crippen MR) is 102 cm³/mol. The zero-order valence-corrected chi connectivity index (χ0v) is 16.6. The minimum absolute atomic E-state index is 0.130. The van der Waals surface area contributed by atoms with Crippen LogP contribution in [0.3, 0.4) is 0 Å². The van der Waals surface area contributed by atoms with Crippen LogP contribution in [0.15, 0.2) is 35.6 Å². The van der Waals surface area contributed by atoms with Crippen LogP contribution in [0.1, 0.15) is 59.3 Å². The first kappa shape index (κ1) is 18.0. The molecule has 0 bridgehead atoms. The summed E-state index contributed by atoms with van der Waals surface area (Å²) in [6.07, 6.45) is 10.6. The second-order valence-electron chi connectivity index (χ2n) is 9.53. The maximum atomic E-state index is 12.4. The minimum Gasteiger partial charge on any atom is -0.501 e. The summed E-state index contributed by atoms with van der Waals surface area (Å²) in [7, 11) is 1.76. The topological polar surface area (TPSA) is 46.5 Å². The fourth-order valence-electron chi connectivity index (χ4n) is 7.07. The molecule has 0 saturated heterocycles.